The van der Waals surface area contributed by atoms with Crippen molar-refractivity contribution in [2.24, 2.45) is 0 Å². The summed E-state index contributed by atoms with van der Waals surface area (Å²) in [6.45, 7) is 1.03. The minimum Gasteiger partial charge on any atom is -0.472 e. The molecule has 1 aromatic carbocycles. The van der Waals surface area contributed by atoms with Gasteiger partial charge in [0.1, 0.15) is 0 Å². The highest BCUT2D eigenvalue weighted by molar-refractivity contribution is 5.24. The summed E-state index contributed by atoms with van der Waals surface area (Å²) in [6, 6.07) is 6.50. The molecule has 1 saturated heterocycles. The van der Waals surface area contributed by atoms with Crippen molar-refractivity contribution >= 4 is 0 Å². The van der Waals surface area contributed by atoms with Gasteiger partial charge in [-0.05, 0) is 19.2 Å². The average molecular weight is 181 g/mol. The number of para-hydroxylation sites is 1. The largest absolute Gasteiger partial charge is 0.472 e. The van der Waals surface area contributed by atoms with Gasteiger partial charge in [0.25, 0.3) is 0 Å². The first-order valence-corrected chi connectivity index (χ1v) is 4.39. The number of nitrogens with zero attached hydrogens (tertiary/aromatic N) is 1. The summed E-state index contributed by atoms with van der Waals surface area (Å²) >= 11 is 0. The Labute approximate surface area is 76.9 Å². The number of rotatable bonds is 2. The normalized spacial score (nSPS) is 22.5. The van der Waals surface area contributed by atoms with Crippen LogP contribution in [0.4, 0.5) is 4.39 Å². The van der Waals surface area contributed by atoms with E-state index >= 15 is 0 Å². The van der Waals surface area contributed by atoms with E-state index in [-0.39, 0.29) is 12.0 Å². The van der Waals surface area contributed by atoms with E-state index < -0.39 is 0 Å². The van der Waals surface area contributed by atoms with Crippen LogP contribution in [0.15, 0.2) is 24.3 Å². The van der Waals surface area contributed by atoms with E-state index in [1.807, 2.05) is 11.9 Å². The topological polar surface area (TPSA) is 12.5 Å². The van der Waals surface area contributed by atoms with E-state index in [0.717, 1.165) is 13.0 Å². The summed E-state index contributed by atoms with van der Waals surface area (Å²) in [7, 11) is 1.97. The first-order chi connectivity index (χ1) is 6.27. The van der Waals surface area contributed by atoms with Crippen LogP contribution in [0.1, 0.15) is 6.42 Å². The second-order valence-electron chi connectivity index (χ2n) is 3.27. The summed E-state index contributed by atoms with van der Waals surface area (Å²) in [5.41, 5.74) is 0. The Morgan fingerprint density at radius 2 is 2.23 bits per heavy atom. The zero-order valence-corrected chi connectivity index (χ0v) is 7.53. The molecule has 1 unspecified atom stereocenters. The second-order valence-corrected chi connectivity index (χ2v) is 3.27. The highest BCUT2D eigenvalue weighted by atomic mass is 19.1. The highest BCUT2D eigenvalue weighted by Gasteiger charge is 2.26. The van der Waals surface area contributed by atoms with Gasteiger partial charge in [-0.3, -0.25) is 4.90 Å². The average Bonchev–Trinajstić information content (AvgIpc) is 2.14. The molecule has 0 radical (unpaired) electrons. The third-order valence-corrected chi connectivity index (χ3v) is 2.32. The molecular formula is C10H12FNO. The summed E-state index contributed by atoms with van der Waals surface area (Å²) in [6.07, 6.45) is 1.03. The summed E-state index contributed by atoms with van der Waals surface area (Å²) in [4.78, 5) is 2.05. The van der Waals surface area contributed by atoms with Crippen LogP contribution in [0.5, 0.6) is 5.75 Å². The number of halogens is 1. The van der Waals surface area contributed by atoms with Gasteiger partial charge in [-0.2, -0.15) is 0 Å². The molecule has 1 heterocycles. The van der Waals surface area contributed by atoms with Gasteiger partial charge in [-0.15, -0.1) is 0 Å². The number of hydrogen-bond donors (Lipinski definition) is 0. The van der Waals surface area contributed by atoms with Gasteiger partial charge in [0.15, 0.2) is 17.8 Å². The maximum Gasteiger partial charge on any atom is 0.165 e. The molecule has 0 aliphatic carbocycles. The van der Waals surface area contributed by atoms with Crippen molar-refractivity contribution in [2.75, 3.05) is 13.6 Å². The highest BCUT2D eigenvalue weighted by Crippen LogP contribution is 2.22. The molecular weight excluding hydrogens is 169 g/mol. The Kier molecular flexibility index (Phi) is 2.19. The predicted octanol–water partition coefficient (Wildman–Crippen LogP) is 1.87. The molecule has 0 saturated carbocycles. The first-order valence-electron chi connectivity index (χ1n) is 4.39. The Hall–Kier alpha value is -1.09. The molecule has 0 spiro atoms. The van der Waals surface area contributed by atoms with Crippen molar-refractivity contribution < 1.29 is 9.13 Å². The van der Waals surface area contributed by atoms with Gasteiger partial charge >= 0.3 is 0 Å². The molecule has 1 aliphatic heterocycles. The van der Waals surface area contributed by atoms with Crippen molar-refractivity contribution in [3.8, 4) is 5.75 Å². The van der Waals surface area contributed by atoms with Crippen molar-refractivity contribution in [3.63, 3.8) is 0 Å². The van der Waals surface area contributed by atoms with E-state index in [2.05, 4.69) is 0 Å². The fourth-order valence-electron chi connectivity index (χ4n) is 1.33. The Morgan fingerprint density at radius 1 is 1.46 bits per heavy atom. The van der Waals surface area contributed by atoms with Gasteiger partial charge in [0.05, 0.1) is 0 Å². The third kappa shape index (κ3) is 1.65. The predicted molar refractivity (Wildman–Crippen MR) is 48.1 cm³/mol. The quantitative estimate of drug-likeness (QED) is 0.690. The zero-order chi connectivity index (χ0) is 9.26. The van der Waals surface area contributed by atoms with E-state index in [4.69, 9.17) is 4.74 Å². The fraction of sp³-hybridized carbons (Fsp3) is 0.400. The molecule has 0 aromatic heterocycles. The van der Waals surface area contributed by atoms with Crippen LogP contribution in [-0.2, 0) is 0 Å². The standard InChI is InChI=1S/C10H12FNO/c1-12-7-6-10(12)13-9-5-3-2-4-8(9)11/h2-5,10H,6-7H2,1H3. The number of ether oxygens (including phenoxy) is 1. The molecule has 1 aliphatic rings. The first kappa shape index (κ1) is 8.51. The van der Waals surface area contributed by atoms with Gasteiger partial charge in [-0.25, -0.2) is 4.39 Å². The Bertz CT molecular complexity index is 303. The molecule has 0 N–H and O–H groups in total. The minimum absolute atomic E-state index is 0.0527. The maximum atomic E-state index is 13.1. The van der Waals surface area contributed by atoms with Crippen LogP contribution in [-0.4, -0.2) is 24.7 Å². The number of hydrogen-bond acceptors (Lipinski definition) is 2. The minimum atomic E-state index is -0.289. The molecule has 0 amide bonds. The van der Waals surface area contributed by atoms with E-state index in [0.29, 0.717) is 5.75 Å². The SMILES string of the molecule is CN1CCC1Oc1ccccc1F. The molecule has 1 atom stereocenters. The monoisotopic (exact) mass is 181 g/mol. The van der Waals surface area contributed by atoms with Gasteiger partial charge in [-0.1, -0.05) is 12.1 Å². The zero-order valence-electron chi connectivity index (χ0n) is 7.53. The lowest BCUT2D eigenvalue weighted by Crippen LogP contribution is -2.48. The molecule has 1 aromatic rings. The van der Waals surface area contributed by atoms with Crippen LogP contribution in [0, 0.1) is 5.82 Å². The fourth-order valence-corrected chi connectivity index (χ4v) is 1.33. The van der Waals surface area contributed by atoms with Gasteiger partial charge in [0.2, 0.25) is 0 Å². The van der Waals surface area contributed by atoms with Crippen molar-refractivity contribution in [1.29, 1.82) is 0 Å². The van der Waals surface area contributed by atoms with Crippen LogP contribution in [0.25, 0.3) is 0 Å². The van der Waals surface area contributed by atoms with E-state index in [1.165, 1.54) is 6.07 Å². The summed E-state index contributed by atoms with van der Waals surface area (Å²) < 4.78 is 18.5. The molecule has 70 valence electrons. The van der Waals surface area contributed by atoms with Crippen LogP contribution in [0.2, 0.25) is 0 Å². The molecule has 13 heavy (non-hydrogen) atoms. The Balaban J connectivity index is 2.05. The van der Waals surface area contributed by atoms with Crippen molar-refractivity contribution in [1.82, 2.24) is 4.90 Å². The van der Waals surface area contributed by atoms with Crippen LogP contribution < -0.4 is 4.74 Å². The second kappa shape index (κ2) is 3.34. The molecule has 2 nitrogen and oxygen atoms in total. The lowest BCUT2D eigenvalue weighted by atomic mass is 10.2. The van der Waals surface area contributed by atoms with Crippen LogP contribution in [0.3, 0.4) is 0 Å². The van der Waals surface area contributed by atoms with Crippen molar-refractivity contribution in [2.45, 2.75) is 12.6 Å². The summed E-state index contributed by atoms with van der Waals surface area (Å²) in [5.74, 6) is 0.0573. The Morgan fingerprint density at radius 3 is 2.77 bits per heavy atom. The van der Waals surface area contributed by atoms with E-state index in [9.17, 15) is 4.39 Å². The summed E-state index contributed by atoms with van der Waals surface area (Å²) in [5, 5.41) is 0. The van der Waals surface area contributed by atoms with Crippen LogP contribution >= 0.6 is 0 Å². The molecule has 1 fully saturated rings. The van der Waals surface area contributed by atoms with Gasteiger partial charge in [0, 0.05) is 13.0 Å². The maximum absolute atomic E-state index is 13.1. The van der Waals surface area contributed by atoms with Crippen molar-refractivity contribution in [3.05, 3.63) is 30.1 Å². The third-order valence-electron chi connectivity index (χ3n) is 2.32. The molecule has 0 bridgehead atoms. The number of likely N-dealkylation sites (tertiary alicyclic amines) is 1. The smallest absolute Gasteiger partial charge is 0.165 e. The lowest BCUT2D eigenvalue weighted by molar-refractivity contribution is -0.0372. The molecule has 3 heteroatoms. The van der Waals surface area contributed by atoms with E-state index in [1.54, 1.807) is 18.2 Å². The molecule has 2 rings (SSSR count). The number of benzene rings is 1. The lowest BCUT2D eigenvalue weighted by Gasteiger charge is -2.37. The van der Waals surface area contributed by atoms with Gasteiger partial charge < -0.3 is 4.74 Å².